The van der Waals surface area contributed by atoms with E-state index in [2.05, 4.69) is 0 Å². The molecule has 1 atom stereocenters. The molecular formula is C20H18F4O. The molecule has 0 aromatic heterocycles. The third-order valence-corrected chi connectivity index (χ3v) is 4.07. The summed E-state index contributed by atoms with van der Waals surface area (Å²) in [5, 5.41) is 0. The lowest BCUT2D eigenvalue weighted by Gasteiger charge is -2.19. The van der Waals surface area contributed by atoms with Gasteiger partial charge >= 0.3 is 6.18 Å². The molecule has 0 saturated heterocycles. The van der Waals surface area contributed by atoms with Gasteiger partial charge in [0.1, 0.15) is 12.1 Å². The molecule has 0 N–H and O–H groups in total. The first-order valence-corrected chi connectivity index (χ1v) is 7.71. The third-order valence-electron chi connectivity index (χ3n) is 4.07. The molecule has 0 heterocycles. The fourth-order valence-electron chi connectivity index (χ4n) is 2.71. The molecule has 0 amide bonds. The SMILES string of the molecule is Cc1cc(/C=C/C(c2cc(C)c(F)c(C)c2)C(F)(F)F)ccc1C=O. The number of hydrogen-bond donors (Lipinski definition) is 0. The van der Waals surface area contributed by atoms with Crippen LogP contribution in [0.3, 0.4) is 0 Å². The van der Waals surface area contributed by atoms with Crippen LogP contribution in [0.25, 0.3) is 6.08 Å². The number of halogens is 4. The fourth-order valence-corrected chi connectivity index (χ4v) is 2.71. The number of carbonyl (C=O) groups excluding carboxylic acids is 1. The zero-order valence-electron chi connectivity index (χ0n) is 14.1. The largest absolute Gasteiger partial charge is 0.399 e. The van der Waals surface area contributed by atoms with E-state index in [0.717, 1.165) is 6.08 Å². The zero-order chi connectivity index (χ0) is 18.8. The van der Waals surface area contributed by atoms with E-state index < -0.39 is 17.9 Å². The lowest BCUT2D eigenvalue weighted by atomic mass is 9.93. The highest BCUT2D eigenvalue weighted by atomic mass is 19.4. The van der Waals surface area contributed by atoms with Crippen LogP contribution in [0, 0.1) is 26.6 Å². The Balaban J connectivity index is 2.43. The van der Waals surface area contributed by atoms with E-state index in [4.69, 9.17) is 0 Å². The van der Waals surface area contributed by atoms with Crippen molar-refractivity contribution >= 4 is 12.4 Å². The first-order valence-electron chi connectivity index (χ1n) is 7.71. The number of aldehydes is 1. The molecule has 0 aliphatic rings. The van der Waals surface area contributed by atoms with Crippen molar-refractivity contribution < 1.29 is 22.4 Å². The lowest BCUT2D eigenvalue weighted by molar-refractivity contribution is -0.139. The summed E-state index contributed by atoms with van der Waals surface area (Å²) in [4.78, 5) is 10.8. The molecule has 0 bridgehead atoms. The predicted molar refractivity (Wildman–Crippen MR) is 90.3 cm³/mol. The molecule has 0 radical (unpaired) electrons. The molecule has 0 saturated carbocycles. The van der Waals surface area contributed by atoms with Crippen molar-refractivity contribution in [2.45, 2.75) is 32.9 Å². The molecule has 25 heavy (non-hydrogen) atoms. The number of alkyl halides is 3. The Morgan fingerprint density at radius 2 is 1.56 bits per heavy atom. The third kappa shape index (κ3) is 4.35. The molecule has 2 aromatic carbocycles. The van der Waals surface area contributed by atoms with Gasteiger partial charge in [0.2, 0.25) is 0 Å². The summed E-state index contributed by atoms with van der Waals surface area (Å²) >= 11 is 0. The van der Waals surface area contributed by atoms with Crippen LogP contribution >= 0.6 is 0 Å². The minimum atomic E-state index is -4.50. The Morgan fingerprint density at radius 3 is 2.04 bits per heavy atom. The second-order valence-electron chi connectivity index (χ2n) is 6.08. The highest BCUT2D eigenvalue weighted by Crippen LogP contribution is 2.37. The second-order valence-corrected chi connectivity index (χ2v) is 6.08. The van der Waals surface area contributed by atoms with E-state index in [1.807, 2.05) is 0 Å². The van der Waals surface area contributed by atoms with Gasteiger partial charge in [0.25, 0.3) is 0 Å². The Hall–Kier alpha value is -2.43. The van der Waals surface area contributed by atoms with Gasteiger partial charge in [-0.2, -0.15) is 13.2 Å². The first kappa shape index (κ1) is 18.9. The summed E-state index contributed by atoms with van der Waals surface area (Å²) in [7, 11) is 0. The van der Waals surface area contributed by atoms with E-state index in [-0.39, 0.29) is 16.7 Å². The predicted octanol–water partition coefficient (Wildman–Crippen LogP) is 5.92. The van der Waals surface area contributed by atoms with Crippen LogP contribution < -0.4 is 0 Å². The normalized spacial score (nSPS) is 13.2. The molecule has 0 aliphatic heterocycles. The molecule has 0 fully saturated rings. The highest BCUT2D eigenvalue weighted by molar-refractivity contribution is 5.78. The second kappa shape index (κ2) is 7.21. The highest BCUT2D eigenvalue weighted by Gasteiger charge is 2.39. The van der Waals surface area contributed by atoms with Crippen LogP contribution in [0.15, 0.2) is 36.4 Å². The smallest absolute Gasteiger partial charge is 0.298 e. The van der Waals surface area contributed by atoms with Crippen LogP contribution in [0.2, 0.25) is 0 Å². The summed E-state index contributed by atoms with van der Waals surface area (Å²) in [6.07, 6.45) is -1.37. The monoisotopic (exact) mass is 350 g/mol. The number of rotatable bonds is 4. The average Bonchev–Trinajstić information content (AvgIpc) is 2.51. The van der Waals surface area contributed by atoms with Gasteiger partial charge in [-0.1, -0.05) is 42.5 Å². The Morgan fingerprint density at radius 1 is 0.960 bits per heavy atom. The summed E-state index contributed by atoms with van der Waals surface area (Å²) in [5.41, 5.74) is 2.12. The van der Waals surface area contributed by atoms with Gasteiger partial charge in [0, 0.05) is 5.56 Å². The topological polar surface area (TPSA) is 17.1 Å². The molecule has 0 spiro atoms. The maximum atomic E-state index is 13.7. The number of benzene rings is 2. The van der Waals surface area contributed by atoms with Crippen LogP contribution in [0.5, 0.6) is 0 Å². The maximum absolute atomic E-state index is 13.7. The van der Waals surface area contributed by atoms with Crippen molar-refractivity contribution in [3.8, 4) is 0 Å². The van der Waals surface area contributed by atoms with E-state index in [0.29, 0.717) is 23.0 Å². The van der Waals surface area contributed by atoms with Crippen LogP contribution in [0.1, 0.15) is 44.1 Å². The van der Waals surface area contributed by atoms with Gasteiger partial charge in [-0.25, -0.2) is 4.39 Å². The minimum absolute atomic E-state index is 0.00128. The van der Waals surface area contributed by atoms with Gasteiger partial charge < -0.3 is 0 Å². The quantitative estimate of drug-likeness (QED) is 0.494. The first-order chi connectivity index (χ1) is 11.6. The van der Waals surface area contributed by atoms with Crippen molar-refractivity contribution in [2.75, 3.05) is 0 Å². The van der Waals surface area contributed by atoms with E-state index in [1.165, 1.54) is 32.1 Å². The average molecular weight is 350 g/mol. The fraction of sp³-hybridized carbons (Fsp3) is 0.250. The van der Waals surface area contributed by atoms with Crippen molar-refractivity contribution in [3.05, 3.63) is 75.6 Å². The van der Waals surface area contributed by atoms with Crippen molar-refractivity contribution in [2.24, 2.45) is 0 Å². The van der Waals surface area contributed by atoms with Crippen LogP contribution in [0.4, 0.5) is 17.6 Å². The Kier molecular flexibility index (Phi) is 5.45. The Bertz CT molecular complexity index is 796. The van der Waals surface area contributed by atoms with Crippen molar-refractivity contribution in [1.82, 2.24) is 0 Å². The molecule has 2 aromatic rings. The summed E-state index contributed by atoms with van der Waals surface area (Å²) in [5.74, 6) is -2.33. The summed E-state index contributed by atoms with van der Waals surface area (Å²) in [6, 6.07) is 7.25. The van der Waals surface area contributed by atoms with Gasteiger partial charge in [0.05, 0.1) is 5.92 Å². The summed E-state index contributed by atoms with van der Waals surface area (Å²) in [6.45, 7) is 4.62. The number of carbonyl (C=O) groups is 1. The van der Waals surface area contributed by atoms with Gasteiger partial charge in [-0.15, -0.1) is 0 Å². The van der Waals surface area contributed by atoms with Crippen molar-refractivity contribution in [3.63, 3.8) is 0 Å². The van der Waals surface area contributed by atoms with Gasteiger partial charge in [-0.05, 0) is 48.6 Å². The standard InChI is InChI=1S/C20H18F4O/c1-12-8-15(4-6-16(12)11-25)5-7-18(20(22,23)24)17-9-13(2)19(21)14(3)10-17/h4-11,18H,1-3H3/b7-5+. The molecule has 132 valence electrons. The molecule has 5 heteroatoms. The van der Waals surface area contributed by atoms with Crippen LogP contribution in [-0.4, -0.2) is 12.5 Å². The molecule has 2 rings (SSSR count). The van der Waals surface area contributed by atoms with E-state index in [1.54, 1.807) is 25.1 Å². The van der Waals surface area contributed by atoms with Crippen molar-refractivity contribution in [1.29, 1.82) is 0 Å². The number of allylic oxidation sites excluding steroid dienone is 1. The lowest BCUT2D eigenvalue weighted by Crippen LogP contribution is -2.19. The number of hydrogen-bond acceptors (Lipinski definition) is 1. The minimum Gasteiger partial charge on any atom is -0.298 e. The molecular weight excluding hydrogens is 332 g/mol. The summed E-state index contributed by atoms with van der Waals surface area (Å²) < 4.78 is 54.1. The van der Waals surface area contributed by atoms with Crippen LogP contribution in [-0.2, 0) is 0 Å². The van der Waals surface area contributed by atoms with E-state index in [9.17, 15) is 22.4 Å². The van der Waals surface area contributed by atoms with Gasteiger partial charge in [-0.3, -0.25) is 4.79 Å². The van der Waals surface area contributed by atoms with Gasteiger partial charge in [0.15, 0.2) is 0 Å². The number of aryl methyl sites for hydroxylation is 3. The Labute approximate surface area is 144 Å². The molecule has 1 unspecified atom stereocenters. The van der Waals surface area contributed by atoms with E-state index >= 15 is 0 Å². The molecule has 1 nitrogen and oxygen atoms in total. The zero-order valence-corrected chi connectivity index (χ0v) is 14.1. The maximum Gasteiger partial charge on any atom is 0.399 e. The molecule has 0 aliphatic carbocycles.